The maximum absolute atomic E-state index is 2.29. The summed E-state index contributed by atoms with van der Waals surface area (Å²) in [7, 11) is 0. The van der Waals surface area contributed by atoms with Gasteiger partial charge in [-0.05, 0) is 70.5 Å². The summed E-state index contributed by atoms with van der Waals surface area (Å²) in [6.45, 7) is 4.33. The molecule has 0 atom stereocenters. The highest BCUT2D eigenvalue weighted by atomic mass is 14.1. The standard InChI is InChI=1S/C26H22/c1-19-14-15-26(16-20(19)2)25-13-7-12-24(18-25)23-11-6-10-22(17-23)21-8-4-3-5-9-21/h3-18H,1-2H3. The second-order valence-electron chi connectivity index (χ2n) is 6.83. The molecule has 4 aromatic rings. The minimum Gasteiger partial charge on any atom is -0.0622 e. The molecule has 0 unspecified atom stereocenters. The van der Waals surface area contributed by atoms with E-state index < -0.39 is 0 Å². The van der Waals surface area contributed by atoms with E-state index in [9.17, 15) is 0 Å². The van der Waals surface area contributed by atoms with Crippen molar-refractivity contribution in [2.24, 2.45) is 0 Å². The molecule has 0 heteroatoms. The summed E-state index contributed by atoms with van der Waals surface area (Å²) in [5.41, 5.74) is 10.2. The maximum Gasteiger partial charge on any atom is -0.0178 e. The molecular weight excluding hydrogens is 312 g/mol. The monoisotopic (exact) mass is 334 g/mol. The second kappa shape index (κ2) is 7.01. The zero-order chi connectivity index (χ0) is 17.9. The van der Waals surface area contributed by atoms with Crippen LogP contribution in [0.2, 0.25) is 0 Å². The SMILES string of the molecule is Cc1ccc(-c2cccc(-c3cccc(-c4ccccc4)c3)c2)cc1C. The molecule has 4 rings (SSSR count). The van der Waals surface area contributed by atoms with Crippen LogP contribution in [-0.2, 0) is 0 Å². The van der Waals surface area contributed by atoms with E-state index in [2.05, 4.69) is 111 Å². The summed E-state index contributed by atoms with van der Waals surface area (Å²) in [5, 5.41) is 0. The van der Waals surface area contributed by atoms with Gasteiger partial charge in [-0.25, -0.2) is 0 Å². The lowest BCUT2D eigenvalue weighted by atomic mass is 9.95. The van der Waals surface area contributed by atoms with E-state index in [0.29, 0.717) is 0 Å². The van der Waals surface area contributed by atoms with E-state index in [1.54, 1.807) is 0 Å². The summed E-state index contributed by atoms with van der Waals surface area (Å²) < 4.78 is 0. The third-order valence-corrected chi connectivity index (χ3v) is 5.01. The van der Waals surface area contributed by atoms with Gasteiger partial charge in [-0.3, -0.25) is 0 Å². The Bertz CT molecular complexity index is 1040. The van der Waals surface area contributed by atoms with Gasteiger partial charge in [0.1, 0.15) is 0 Å². The molecule has 0 fully saturated rings. The molecule has 0 radical (unpaired) electrons. The summed E-state index contributed by atoms with van der Waals surface area (Å²) in [5.74, 6) is 0. The molecule has 0 spiro atoms. The number of aryl methyl sites for hydroxylation is 2. The molecular formula is C26H22. The predicted octanol–water partition coefficient (Wildman–Crippen LogP) is 7.30. The number of benzene rings is 4. The largest absolute Gasteiger partial charge is 0.0622 e. The quantitative estimate of drug-likeness (QED) is 0.368. The van der Waals surface area contributed by atoms with Crippen LogP contribution >= 0.6 is 0 Å². The minimum absolute atomic E-state index is 1.25. The molecule has 0 amide bonds. The van der Waals surface area contributed by atoms with Crippen LogP contribution < -0.4 is 0 Å². The first kappa shape index (κ1) is 16.4. The van der Waals surface area contributed by atoms with Crippen LogP contribution in [0.3, 0.4) is 0 Å². The number of rotatable bonds is 3. The van der Waals surface area contributed by atoms with E-state index in [-0.39, 0.29) is 0 Å². The zero-order valence-corrected chi connectivity index (χ0v) is 15.2. The average molecular weight is 334 g/mol. The molecule has 26 heavy (non-hydrogen) atoms. The number of hydrogen-bond donors (Lipinski definition) is 0. The maximum atomic E-state index is 2.29. The highest BCUT2D eigenvalue weighted by Gasteiger charge is 2.05. The fraction of sp³-hybridized carbons (Fsp3) is 0.0769. The first-order chi connectivity index (χ1) is 12.7. The Morgan fingerprint density at radius 3 is 1.35 bits per heavy atom. The number of hydrogen-bond acceptors (Lipinski definition) is 0. The molecule has 0 nitrogen and oxygen atoms in total. The van der Waals surface area contributed by atoms with E-state index in [4.69, 9.17) is 0 Å². The van der Waals surface area contributed by atoms with Crippen LogP contribution in [0.1, 0.15) is 11.1 Å². The van der Waals surface area contributed by atoms with Gasteiger partial charge in [0, 0.05) is 0 Å². The van der Waals surface area contributed by atoms with Crippen molar-refractivity contribution in [1.82, 2.24) is 0 Å². The highest BCUT2D eigenvalue weighted by molar-refractivity contribution is 5.77. The lowest BCUT2D eigenvalue weighted by Gasteiger charge is -2.10. The zero-order valence-electron chi connectivity index (χ0n) is 15.2. The van der Waals surface area contributed by atoms with E-state index in [1.807, 2.05) is 0 Å². The van der Waals surface area contributed by atoms with Crippen molar-refractivity contribution < 1.29 is 0 Å². The Morgan fingerprint density at radius 2 is 0.808 bits per heavy atom. The first-order valence-corrected chi connectivity index (χ1v) is 9.04. The van der Waals surface area contributed by atoms with E-state index in [1.165, 1.54) is 44.5 Å². The van der Waals surface area contributed by atoms with E-state index in [0.717, 1.165) is 0 Å². The Balaban J connectivity index is 1.74. The molecule has 0 aliphatic carbocycles. The van der Waals surface area contributed by atoms with Crippen molar-refractivity contribution in [3.8, 4) is 33.4 Å². The van der Waals surface area contributed by atoms with Crippen molar-refractivity contribution in [2.75, 3.05) is 0 Å². The molecule has 0 aliphatic rings. The molecule has 0 aliphatic heterocycles. The van der Waals surface area contributed by atoms with Crippen molar-refractivity contribution in [3.63, 3.8) is 0 Å². The third kappa shape index (κ3) is 3.32. The van der Waals surface area contributed by atoms with Crippen molar-refractivity contribution in [3.05, 3.63) is 108 Å². The third-order valence-electron chi connectivity index (χ3n) is 5.01. The summed E-state index contributed by atoms with van der Waals surface area (Å²) in [6, 6.07) is 34.8. The molecule has 126 valence electrons. The van der Waals surface area contributed by atoms with E-state index >= 15 is 0 Å². The average Bonchev–Trinajstić information content (AvgIpc) is 2.71. The Hall–Kier alpha value is -3.12. The van der Waals surface area contributed by atoms with Crippen LogP contribution in [0.15, 0.2) is 97.1 Å². The topological polar surface area (TPSA) is 0 Å². The van der Waals surface area contributed by atoms with Gasteiger partial charge >= 0.3 is 0 Å². The molecule has 0 saturated carbocycles. The first-order valence-electron chi connectivity index (χ1n) is 9.04. The fourth-order valence-electron chi connectivity index (χ4n) is 3.31. The van der Waals surface area contributed by atoms with Gasteiger partial charge < -0.3 is 0 Å². The van der Waals surface area contributed by atoms with Crippen LogP contribution in [-0.4, -0.2) is 0 Å². The lowest BCUT2D eigenvalue weighted by Crippen LogP contribution is -1.85. The fourth-order valence-corrected chi connectivity index (χ4v) is 3.31. The van der Waals surface area contributed by atoms with Gasteiger partial charge in [-0.15, -0.1) is 0 Å². The van der Waals surface area contributed by atoms with Crippen LogP contribution in [0, 0.1) is 13.8 Å². The van der Waals surface area contributed by atoms with Gasteiger partial charge in [-0.2, -0.15) is 0 Å². The smallest absolute Gasteiger partial charge is 0.0178 e. The normalized spacial score (nSPS) is 10.7. The van der Waals surface area contributed by atoms with Gasteiger partial charge in [0.25, 0.3) is 0 Å². The highest BCUT2D eigenvalue weighted by Crippen LogP contribution is 2.30. The molecule has 0 bridgehead atoms. The van der Waals surface area contributed by atoms with Crippen LogP contribution in [0.5, 0.6) is 0 Å². The molecule has 0 aromatic heterocycles. The summed E-state index contributed by atoms with van der Waals surface area (Å²) >= 11 is 0. The minimum atomic E-state index is 1.25. The Kier molecular flexibility index (Phi) is 4.41. The van der Waals surface area contributed by atoms with Gasteiger partial charge in [0.15, 0.2) is 0 Å². The van der Waals surface area contributed by atoms with Crippen LogP contribution in [0.4, 0.5) is 0 Å². The van der Waals surface area contributed by atoms with Gasteiger partial charge in [-0.1, -0.05) is 84.9 Å². The van der Waals surface area contributed by atoms with Gasteiger partial charge in [0.2, 0.25) is 0 Å². The van der Waals surface area contributed by atoms with Crippen molar-refractivity contribution in [2.45, 2.75) is 13.8 Å². The predicted molar refractivity (Wildman–Crippen MR) is 112 cm³/mol. The molecule has 4 aromatic carbocycles. The Labute approximate surface area is 155 Å². The Morgan fingerprint density at radius 1 is 0.346 bits per heavy atom. The molecule has 0 N–H and O–H groups in total. The van der Waals surface area contributed by atoms with Gasteiger partial charge in [0.05, 0.1) is 0 Å². The molecule has 0 heterocycles. The van der Waals surface area contributed by atoms with Crippen molar-refractivity contribution in [1.29, 1.82) is 0 Å². The molecule has 0 saturated heterocycles. The second-order valence-corrected chi connectivity index (χ2v) is 6.83. The van der Waals surface area contributed by atoms with Crippen molar-refractivity contribution >= 4 is 0 Å². The van der Waals surface area contributed by atoms with Crippen LogP contribution in [0.25, 0.3) is 33.4 Å². The summed E-state index contributed by atoms with van der Waals surface area (Å²) in [6.07, 6.45) is 0. The lowest BCUT2D eigenvalue weighted by molar-refractivity contribution is 1.34. The summed E-state index contributed by atoms with van der Waals surface area (Å²) in [4.78, 5) is 0.